The van der Waals surface area contributed by atoms with Crippen LogP contribution in [-0.2, 0) is 4.79 Å². The molecule has 1 amide bonds. The molecule has 1 aliphatic heterocycles. The zero-order valence-electron chi connectivity index (χ0n) is 8.98. The number of rotatable bonds is 2. The lowest BCUT2D eigenvalue weighted by atomic mass is 10.1. The SMILES string of the molecule is NC1C=CC(C(=O)NN2CCCCC2)C1. The summed E-state index contributed by atoms with van der Waals surface area (Å²) in [6.07, 6.45) is 8.23. The number of carbonyl (C=O) groups excluding carboxylic acids is 1. The van der Waals surface area contributed by atoms with Crippen molar-refractivity contribution < 1.29 is 4.79 Å². The Morgan fingerprint density at radius 2 is 2.00 bits per heavy atom. The average molecular weight is 209 g/mol. The predicted molar refractivity (Wildman–Crippen MR) is 58.8 cm³/mol. The fourth-order valence-corrected chi connectivity index (χ4v) is 2.17. The molecule has 0 saturated carbocycles. The lowest BCUT2D eigenvalue weighted by Crippen LogP contribution is -2.47. The van der Waals surface area contributed by atoms with E-state index in [0.717, 1.165) is 19.5 Å². The van der Waals surface area contributed by atoms with Crippen molar-refractivity contribution in [3.63, 3.8) is 0 Å². The Kier molecular flexibility index (Phi) is 3.38. The van der Waals surface area contributed by atoms with Gasteiger partial charge in [-0.3, -0.25) is 10.2 Å². The summed E-state index contributed by atoms with van der Waals surface area (Å²) in [5, 5.41) is 2.03. The zero-order valence-corrected chi connectivity index (χ0v) is 8.98. The van der Waals surface area contributed by atoms with E-state index < -0.39 is 0 Å². The fraction of sp³-hybridized carbons (Fsp3) is 0.727. The molecule has 2 rings (SSSR count). The second-order valence-corrected chi connectivity index (χ2v) is 4.41. The van der Waals surface area contributed by atoms with Gasteiger partial charge in [0.2, 0.25) is 5.91 Å². The van der Waals surface area contributed by atoms with Crippen molar-refractivity contribution in [3.8, 4) is 0 Å². The molecule has 2 unspecified atom stereocenters. The molecule has 0 spiro atoms. The Bertz CT molecular complexity index is 259. The number of carbonyl (C=O) groups is 1. The molecule has 0 aromatic heterocycles. The Labute approximate surface area is 90.5 Å². The van der Waals surface area contributed by atoms with Gasteiger partial charge in [-0.15, -0.1) is 0 Å². The fourth-order valence-electron chi connectivity index (χ4n) is 2.17. The smallest absolute Gasteiger partial charge is 0.241 e. The van der Waals surface area contributed by atoms with Gasteiger partial charge >= 0.3 is 0 Å². The highest BCUT2D eigenvalue weighted by Crippen LogP contribution is 2.16. The Morgan fingerprint density at radius 1 is 1.27 bits per heavy atom. The Hall–Kier alpha value is -0.870. The van der Waals surface area contributed by atoms with Crippen molar-refractivity contribution in [1.29, 1.82) is 0 Å². The van der Waals surface area contributed by atoms with Crippen LogP contribution in [0, 0.1) is 5.92 Å². The van der Waals surface area contributed by atoms with Crippen LogP contribution in [-0.4, -0.2) is 30.0 Å². The summed E-state index contributed by atoms with van der Waals surface area (Å²) in [5.41, 5.74) is 8.68. The number of hydrogen-bond acceptors (Lipinski definition) is 3. The number of nitrogens with one attached hydrogen (secondary N) is 1. The van der Waals surface area contributed by atoms with Gasteiger partial charge in [0.25, 0.3) is 0 Å². The highest BCUT2D eigenvalue weighted by molar-refractivity contribution is 5.80. The topological polar surface area (TPSA) is 58.4 Å². The lowest BCUT2D eigenvalue weighted by Gasteiger charge is -2.27. The molecule has 1 saturated heterocycles. The summed E-state index contributed by atoms with van der Waals surface area (Å²) < 4.78 is 0. The van der Waals surface area contributed by atoms with Gasteiger partial charge in [0.05, 0.1) is 5.92 Å². The van der Waals surface area contributed by atoms with Crippen LogP contribution in [0.25, 0.3) is 0 Å². The second kappa shape index (κ2) is 4.77. The van der Waals surface area contributed by atoms with Crippen LogP contribution in [0.1, 0.15) is 25.7 Å². The molecule has 84 valence electrons. The maximum Gasteiger partial charge on any atom is 0.241 e. The maximum absolute atomic E-state index is 11.8. The van der Waals surface area contributed by atoms with E-state index in [1.807, 2.05) is 17.2 Å². The van der Waals surface area contributed by atoms with Crippen molar-refractivity contribution in [1.82, 2.24) is 10.4 Å². The first-order chi connectivity index (χ1) is 7.25. The third-order valence-electron chi connectivity index (χ3n) is 3.08. The molecular weight excluding hydrogens is 190 g/mol. The van der Waals surface area contributed by atoms with Crippen molar-refractivity contribution in [2.45, 2.75) is 31.7 Å². The van der Waals surface area contributed by atoms with Crippen LogP contribution in [0.3, 0.4) is 0 Å². The minimum absolute atomic E-state index is 0.0260. The van der Waals surface area contributed by atoms with E-state index in [-0.39, 0.29) is 17.9 Å². The number of hydrazine groups is 1. The second-order valence-electron chi connectivity index (χ2n) is 4.41. The number of hydrogen-bond donors (Lipinski definition) is 2. The summed E-state index contributed by atoms with van der Waals surface area (Å²) in [4.78, 5) is 11.8. The molecule has 0 radical (unpaired) electrons. The maximum atomic E-state index is 11.8. The molecule has 1 fully saturated rings. The molecule has 4 heteroatoms. The number of nitrogens with two attached hydrogens (primary N) is 1. The van der Waals surface area contributed by atoms with Crippen LogP contribution >= 0.6 is 0 Å². The normalized spacial score (nSPS) is 31.8. The van der Waals surface area contributed by atoms with Gasteiger partial charge in [0.1, 0.15) is 0 Å². The van der Waals surface area contributed by atoms with Crippen LogP contribution < -0.4 is 11.2 Å². The molecule has 2 aliphatic rings. The quantitative estimate of drug-likeness (QED) is 0.647. The third kappa shape index (κ3) is 2.79. The molecule has 4 nitrogen and oxygen atoms in total. The standard InChI is InChI=1S/C11H19N3O/c12-10-5-4-9(8-10)11(15)13-14-6-2-1-3-7-14/h4-5,9-10H,1-3,6-8,12H2,(H,13,15). The highest BCUT2D eigenvalue weighted by Gasteiger charge is 2.24. The summed E-state index contributed by atoms with van der Waals surface area (Å²) >= 11 is 0. The molecule has 1 aliphatic carbocycles. The average Bonchev–Trinajstić information content (AvgIpc) is 2.66. The highest BCUT2D eigenvalue weighted by atomic mass is 16.2. The van der Waals surface area contributed by atoms with Crippen molar-refractivity contribution in [2.24, 2.45) is 11.7 Å². The lowest BCUT2D eigenvalue weighted by molar-refractivity contribution is -0.129. The van der Waals surface area contributed by atoms with Gasteiger partial charge in [-0.2, -0.15) is 0 Å². The van der Waals surface area contributed by atoms with Gasteiger partial charge in [-0.1, -0.05) is 18.6 Å². The summed E-state index contributed by atoms with van der Waals surface area (Å²) in [6.45, 7) is 1.96. The van der Waals surface area contributed by atoms with Gasteiger partial charge in [-0.25, -0.2) is 5.01 Å². The zero-order chi connectivity index (χ0) is 10.7. The number of amides is 1. The van der Waals surface area contributed by atoms with Crippen molar-refractivity contribution >= 4 is 5.91 Å². The summed E-state index contributed by atoms with van der Waals surface area (Å²) in [6, 6.07) is 0.0575. The van der Waals surface area contributed by atoms with Crippen molar-refractivity contribution in [3.05, 3.63) is 12.2 Å². The molecule has 1 heterocycles. The molecule has 15 heavy (non-hydrogen) atoms. The first-order valence-corrected chi connectivity index (χ1v) is 5.75. The minimum atomic E-state index is -0.0260. The van der Waals surface area contributed by atoms with Crippen LogP contribution in [0.4, 0.5) is 0 Å². The molecular formula is C11H19N3O. The number of nitrogens with zero attached hydrogens (tertiary/aromatic N) is 1. The van der Waals surface area contributed by atoms with E-state index in [4.69, 9.17) is 5.73 Å². The summed E-state index contributed by atoms with van der Waals surface area (Å²) in [5.74, 6) is 0.0722. The molecule has 0 aromatic carbocycles. The van der Waals surface area contributed by atoms with E-state index in [0.29, 0.717) is 0 Å². The predicted octanol–water partition coefficient (Wildman–Crippen LogP) is 0.407. The van der Waals surface area contributed by atoms with E-state index in [1.165, 1.54) is 19.3 Å². The molecule has 3 N–H and O–H groups in total. The van der Waals surface area contributed by atoms with Crippen LogP contribution in [0.2, 0.25) is 0 Å². The number of piperidine rings is 1. The first-order valence-electron chi connectivity index (χ1n) is 5.75. The van der Waals surface area contributed by atoms with Crippen LogP contribution in [0.15, 0.2) is 12.2 Å². The van der Waals surface area contributed by atoms with Gasteiger partial charge < -0.3 is 5.73 Å². The van der Waals surface area contributed by atoms with Crippen LogP contribution in [0.5, 0.6) is 0 Å². The van der Waals surface area contributed by atoms with E-state index >= 15 is 0 Å². The van der Waals surface area contributed by atoms with E-state index in [9.17, 15) is 4.79 Å². The first kappa shape index (κ1) is 10.6. The summed E-state index contributed by atoms with van der Waals surface area (Å²) in [7, 11) is 0. The molecule has 2 atom stereocenters. The third-order valence-corrected chi connectivity index (χ3v) is 3.08. The Morgan fingerprint density at radius 3 is 2.60 bits per heavy atom. The minimum Gasteiger partial charge on any atom is -0.324 e. The van der Waals surface area contributed by atoms with E-state index in [2.05, 4.69) is 5.43 Å². The largest absolute Gasteiger partial charge is 0.324 e. The Balaban J connectivity index is 1.79. The van der Waals surface area contributed by atoms with Gasteiger partial charge in [0.15, 0.2) is 0 Å². The monoisotopic (exact) mass is 209 g/mol. The van der Waals surface area contributed by atoms with Gasteiger partial charge in [0, 0.05) is 19.1 Å². The van der Waals surface area contributed by atoms with Crippen molar-refractivity contribution in [2.75, 3.05) is 13.1 Å². The van der Waals surface area contributed by atoms with Gasteiger partial charge in [-0.05, 0) is 19.3 Å². The molecule has 0 bridgehead atoms. The molecule has 0 aromatic rings. The van der Waals surface area contributed by atoms with E-state index in [1.54, 1.807) is 0 Å².